The van der Waals surface area contributed by atoms with Gasteiger partial charge in [0.25, 0.3) is 5.69 Å². The first-order valence-corrected chi connectivity index (χ1v) is 5.85. The van der Waals surface area contributed by atoms with Gasteiger partial charge in [-0.25, -0.2) is 0 Å². The Morgan fingerprint density at radius 2 is 2.06 bits per heavy atom. The zero-order valence-electron chi connectivity index (χ0n) is 10.3. The van der Waals surface area contributed by atoms with E-state index in [2.05, 4.69) is 26.1 Å². The topological polar surface area (TPSA) is 55.2 Å². The van der Waals surface area contributed by atoms with Gasteiger partial charge in [0.2, 0.25) is 0 Å². The van der Waals surface area contributed by atoms with Crippen LogP contribution in [-0.2, 0) is 0 Å². The Morgan fingerprint density at radius 3 is 2.59 bits per heavy atom. The fourth-order valence-corrected chi connectivity index (χ4v) is 1.52. The molecule has 0 radical (unpaired) electrons. The molecule has 94 valence electrons. The Balaban J connectivity index is 2.70. The molecule has 0 aliphatic heterocycles. The highest BCUT2D eigenvalue weighted by molar-refractivity contribution is 6.33. The summed E-state index contributed by atoms with van der Waals surface area (Å²) in [6.45, 7) is 7.17. The first-order chi connectivity index (χ1) is 7.79. The van der Waals surface area contributed by atoms with Crippen molar-refractivity contribution in [1.82, 2.24) is 0 Å². The van der Waals surface area contributed by atoms with E-state index in [0.29, 0.717) is 10.7 Å². The lowest BCUT2D eigenvalue weighted by molar-refractivity contribution is -0.384. The third kappa shape index (κ3) is 4.61. The van der Waals surface area contributed by atoms with E-state index in [1.54, 1.807) is 6.07 Å². The quantitative estimate of drug-likeness (QED) is 0.652. The molecule has 0 saturated carbocycles. The Bertz CT molecular complexity index is 413. The largest absolute Gasteiger partial charge is 0.384 e. The minimum Gasteiger partial charge on any atom is -0.384 e. The van der Waals surface area contributed by atoms with Crippen LogP contribution in [0.25, 0.3) is 0 Å². The van der Waals surface area contributed by atoms with E-state index < -0.39 is 4.92 Å². The molecule has 1 N–H and O–H groups in total. The van der Waals surface area contributed by atoms with Crippen LogP contribution in [0.4, 0.5) is 11.4 Å². The molecule has 0 aliphatic rings. The van der Waals surface area contributed by atoms with Gasteiger partial charge in [-0.3, -0.25) is 10.1 Å². The van der Waals surface area contributed by atoms with Crippen LogP contribution in [0.1, 0.15) is 27.2 Å². The molecule has 0 saturated heterocycles. The lowest BCUT2D eigenvalue weighted by Crippen LogP contribution is -2.13. The van der Waals surface area contributed by atoms with Crippen molar-refractivity contribution >= 4 is 23.0 Å². The van der Waals surface area contributed by atoms with Gasteiger partial charge in [0.05, 0.1) is 15.6 Å². The van der Waals surface area contributed by atoms with Crippen molar-refractivity contribution in [2.24, 2.45) is 5.41 Å². The van der Waals surface area contributed by atoms with Gasteiger partial charge >= 0.3 is 0 Å². The minimum atomic E-state index is -0.425. The third-order valence-corrected chi connectivity index (χ3v) is 2.68. The van der Waals surface area contributed by atoms with Crippen LogP contribution in [0.15, 0.2) is 18.2 Å². The van der Waals surface area contributed by atoms with Crippen molar-refractivity contribution in [2.45, 2.75) is 27.2 Å². The van der Waals surface area contributed by atoms with Crippen LogP contribution in [0, 0.1) is 15.5 Å². The van der Waals surface area contributed by atoms with Gasteiger partial charge in [-0.05, 0) is 17.9 Å². The summed E-state index contributed by atoms with van der Waals surface area (Å²) in [6.07, 6.45) is 0.964. The number of anilines is 1. The number of halogens is 1. The number of nitro benzene ring substituents is 1. The lowest BCUT2D eigenvalue weighted by Gasteiger charge is -2.18. The maximum Gasteiger partial charge on any atom is 0.271 e. The first-order valence-electron chi connectivity index (χ1n) is 5.47. The zero-order valence-corrected chi connectivity index (χ0v) is 11.0. The van der Waals surface area contributed by atoms with Gasteiger partial charge in [-0.1, -0.05) is 32.4 Å². The predicted octanol–water partition coefficient (Wildman–Crippen LogP) is 4.10. The normalized spacial score (nSPS) is 11.3. The van der Waals surface area contributed by atoms with Crippen molar-refractivity contribution in [1.29, 1.82) is 0 Å². The van der Waals surface area contributed by atoms with Crippen LogP contribution in [0.3, 0.4) is 0 Å². The third-order valence-electron chi connectivity index (χ3n) is 2.35. The van der Waals surface area contributed by atoms with Crippen LogP contribution in [-0.4, -0.2) is 11.5 Å². The van der Waals surface area contributed by atoms with E-state index in [9.17, 15) is 10.1 Å². The number of non-ortho nitro benzene ring substituents is 1. The van der Waals surface area contributed by atoms with Gasteiger partial charge in [0.1, 0.15) is 0 Å². The van der Waals surface area contributed by atoms with Crippen LogP contribution in [0.2, 0.25) is 5.02 Å². The molecule has 0 fully saturated rings. The highest BCUT2D eigenvalue weighted by Crippen LogP contribution is 2.27. The SMILES string of the molecule is CC(C)(C)CCNc1cc([N+](=O)[O-])ccc1Cl. The number of hydrogen-bond donors (Lipinski definition) is 1. The maximum absolute atomic E-state index is 10.6. The van der Waals surface area contributed by atoms with Gasteiger partial charge in [0.15, 0.2) is 0 Å². The fraction of sp³-hybridized carbons (Fsp3) is 0.500. The zero-order chi connectivity index (χ0) is 13.1. The summed E-state index contributed by atoms with van der Waals surface area (Å²) in [6, 6.07) is 4.40. The van der Waals surface area contributed by atoms with Gasteiger partial charge in [-0.15, -0.1) is 0 Å². The molecule has 17 heavy (non-hydrogen) atoms. The smallest absolute Gasteiger partial charge is 0.271 e. The summed E-state index contributed by atoms with van der Waals surface area (Å²) in [5, 5.41) is 14.3. The average molecular weight is 257 g/mol. The molecule has 1 rings (SSSR count). The summed E-state index contributed by atoms with van der Waals surface area (Å²) in [5.41, 5.74) is 0.887. The minimum absolute atomic E-state index is 0.0488. The second-order valence-corrected chi connectivity index (χ2v) is 5.57. The average Bonchev–Trinajstić information content (AvgIpc) is 2.18. The number of hydrogen-bond acceptors (Lipinski definition) is 3. The lowest BCUT2D eigenvalue weighted by atomic mass is 9.92. The second kappa shape index (κ2) is 5.36. The second-order valence-electron chi connectivity index (χ2n) is 5.16. The number of rotatable bonds is 4. The standard InChI is InChI=1S/C12H17ClN2O2/c1-12(2,3)6-7-14-11-8-9(15(16)17)4-5-10(11)13/h4-5,8,14H,6-7H2,1-3H3. The molecule has 0 atom stereocenters. The number of benzene rings is 1. The first kappa shape index (κ1) is 13.8. The van der Waals surface area contributed by atoms with Crippen molar-refractivity contribution < 1.29 is 4.92 Å². The van der Waals surface area contributed by atoms with E-state index in [1.165, 1.54) is 12.1 Å². The predicted molar refractivity (Wildman–Crippen MR) is 70.7 cm³/mol. The molecule has 1 aromatic rings. The molecule has 0 aromatic heterocycles. The van der Waals surface area contributed by atoms with Crippen molar-refractivity contribution in [3.8, 4) is 0 Å². The molecule has 1 aromatic carbocycles. The summed E-state index contributed by atoms with van der Waals surface area (Å²) >= 11 is 5.97. The molecule has 0 aliphatic carbocycles. The molecular weight excluding hydrogens is 240 g/mol. The Labute approximate surface area is 106 Å². The van der Waals surface area contributed by atoms with E-state index >= 15 is 0 Å². The van der Waals surface area contributed by atoms with Crippen LogP contribution < -0.4 is 5.32 Å². The van der Waals surface area contributed by atoms with Crippen molar-refractivity contribution in [3.63, 3.8) is 0 Å². The number of nitrogens with one attached hydrogen (secondary N) is 1. The van der Waals surface area contributed by atoms with Crippen molar-refractivity contribution in [3.05, 3.63) is 33.3 Å². The van der Waals surface area contributed by atoms with E-state index in [4.69, 9.17) is 11.6 Å². The van der Waals surface area contributed by atoms with Crippen LogP contribution >= 0.6 is 11.6 Å². The Morgan fingerprint density at radius 1 is 1.41 bits per heavy atom. The Hall–Kier alpha value is -1.29. The molecule has 4 nitrogen and oxygen atoms in total. The van der Waals surface area contributed by atoms with E-state index in [0.717, 1.165) is 13.0 Å². The van der Waals surface area contributed by atoms with Gasteiger partial charge < -0.3 is 5.32 Å². The van der Waals surface area contributed by atoms with Gasteiger partial charge in [0, 0.05) is 18.7 Å². The molecule has 5 heteroatoms. The monoisotopic (exact) mass is 256 g/mol. The summed E-state index contributed by atoms with van der Waals surface area (Å²) in [4.78, 5) is 10.2. The highest BCUT2D eigenvalue weighted by Gasteiger charge is 2.12. The van der Waals surface area contributed by atoms with E-state index in [1.807, 2.05) is 0 Å². The molecule has 0 unspecified atom stereocenters. The molecule has 0 heterocycles. The van der Waals surface area contributed by atoms with Crippen molar-refractivity contribution in [2.75, 3.05) is 11.9 Å². The maximum atomic E-state index is 10.6. The van der Waals surface area contributed by atoms with Crippen LogP contribution in [0.5, 0.6) is 0 Å². The molecule has 0 amide bonds. The number of nitrogens with zero attached hydrogens (tertiary/aromatic N) is 1. The molecule has 0 bridgehead atoms. The Kier molecular flexibility index (Phi) is 4.34. The summed E-state index contributed by atoms with van der Waals surface area (Å²) < 4.78 is 0. The highest BCUT2D eigenvalue weighted by atomic mass is 35.5. The van der Waals surface area contributed by atoms with E-state index in [-0.39, 0.29) is 11.1 Å². The summed E-state index contributed by atoms with van der Waals surface area (Å²) in [7, 11) is 0. The molecular formula is C12H17ClN2O2. The summed E-state index contributed by atoms with van der Waals surface area (Å²) in [5.74, 6) is 0. The fourth-order valence-electron chi connectivity index (χ4n) is 1.33. The molecule has 0 spiro atoms. The van der Waals surface area contributed by atoms with Gasteiger partial charge in [-0.2, -0.15) is 0 Å². The number of nitro groups is 1.